The van der Waals surface area contributed by atoms with Gasteiger partial charge in [0, 0.05) is 45.6 Å². The summed E-state index contributed by atoms with van der Waals surface area (Å²) in [6, 6.07) is 10.2. The molecule has 2 aliphatic heterocycles. The van der Waals surface area contributed by atoms with Gasteiger partial charge in [0.05, 0.1) is 6.54 Å². The third-order valence-electron chi connectivity index (χ3n) is 4.12. The van der Waals surface area contributed by atoms with Crippen LogP contribution < -0.4 is 5.32 Å². The fraction of sp³-hybridized carbons (Fsp3) is 0.500. The van der Waals surface area contributed by atoms with Crippen molar-refractivity contribution in [2.75, 3.05) is 33.2 Å². The Morgan fingerprint density at radius 3 is 2.86 bits per heavy atom. The van der Waals surface area contributed by atoms with Gasteiger partial charge in [0.25, 0.3) is 0 Å². The van der Waals surface area contributed by atoms with Gasteiger partial charge < -0.3 is 15.1 Å². The number of nitrogens with zero attached hydrogens (tertiary/aromatic N) is 3. The molecule has 1 amide bonds. The molecule has 1 unspecified atom stereocenters. The number of likely N-dealkylation sites (tertiary alicyclic amines) is 1. The number of amides is 1. The summed E-state index contributed by atoms with van der Waals surface area (Å²) in [5.41, 5.74) is 1.19. The Hall–Kier alpha value is -2.04. The van der Waals surface area contributed by atoms with Gasteiger partial charge in [-0.15, -0.1) is 0 Å². The molecule has 112 valence electrons. The van der Waals surface area contributed by atoms with E-state index in [4.69, 9.17) is 0 Å². The van der Waals surface area contributed by atoms with E-state index in [9.17, 15) is 4.79 Å². The summed E-state index contributed by atoms with van der Waals surface area (Å²) in [7, 11) is 2.04. The SMILES string of the molecule is CN1CCN=C1NCC1CC(=O)N(Cc2ccccc2)C1. The Labute approximate surface area is 125 Å². The molecule has 1 N–H and O–H groups in total. The molecule has 1 fully saturated rings. The summed E-state index contributed by atoms with van der Waals surface area (Å²) in [6.07, 6.45) is 0.636. The molecule has 0 aromatic heterocycles. The second kappa shape index (κ2) is 6.16. The Bertz CT molecular complexity index is 528. The van der Waals surface area contributed by atoms with Gasteiger partial charge in [0.1, 0.15) is 0 Å². The molecule has 1 atom stereocenters. The topological polar surface area (TPSA) is 47.9 Å². The Balaban J connectivity index is 1.50. The average Bonchev–Trinajstić information content (AvgIpc) is 3.04. The number of hydrogen-bond acceptors (Lipinski definition) is 4. The lowest BCUT2D eigenvalue weighted by atomic mass is 10.1. The minimum Gasteiger partial charge on any atom is -0.356 e. The molecule has 1 aromatic carbocycles. The first kappa shape index (κ1) is 13.9. The summed E-state index contributed by atoms with van der Waals surface area (Å²) in [4.78, 5) is 20.6. The number of aliphatic imine (C=N–C) groups is 1. The van der Waals surface area contributed by atoms with Crippen molar-refractivity contribution in [2.45, 2.75) is 13.0 Å². The van der Waals surface area contributed by atoms with Crippen molar-refractivity contribution in [2.24, 2.45) is 10.9 Å². The van der Waals surface area contributed by atoms with Gasteiger partial charge in [0.2, 0.25) is 5.91 Å². The highest BCUT2D eigenvalue weighted by Gasteiger charge is 2.29. The third-order valence-corrected chi connectivity index (χ3v) is 4.12. The highest BCUT2D eigenvalue weighted by atomic mass is 16.2. The maximum atomic E-state index is 12.1. The zero-order chi connectivity index (χ0) is 14.7. The number of carbonyl (C=O) groups is 1. The quantitative estimate of drug-likeness (QED) is 0.895. The zero-order valence-corrected chi connectivity index (χ0v) is 12.5. The van der Waals surface area contributed by atoms with Crippen LogP contribution in [0.4, 0.5) is 0 Å². The molecule has 5 nitrogen and oxygen atoms in total. The molecule has 2 aliphatic rings. The molecule has 0 spiro atoms. The molecule has 21 heavy (non-hydrogen) atoms. The smallest absolute Gasteiger partial charge is 0.223 e. The second-order valence-electron chi connectivity index (χ2n) is 5.84. The lowest BCUT2D eigenvalue weighted by Gasteiger charge is -2.19. The number of hydrogen-bond donors (Lipinski definition) is 1. The summed E-state index contributed by atoms with van der Waals surface area (Å²) >= 11 is 0. The highest BCUT2D eigenvalue weighted by molar-refractivity contribution is 5.81. The predicted molar refractivity (Wildman–Crippen MR) is 82.9 cm³/mol. The monoisotopic (exact) mass is 286 g/mol. The van der Waals surface area contributed by atoms with Crippen molar-refractivity contribution < 1.29 is 4.79 Å². The Morgan fingerprint density at radius 1 is 1.33 bits per heavy atom. The van der Waals surface area contributed by atoms with Crippen LogP contribution >= 0.6 is 0 Å². The van der Waals surface area contributed by atoms with E-state index in [-0.39, 0.29) is 5.91 Å². The molecule has 0 radical (unpaired) electrons. The van der Waals surface area contributed by atoms with Gasteiger partial charge in [0.15, 0.2) is 5.96 Å². The molecule has 0 bridgehead atoms. The van der Waals surface area contributed by atoms with Crippen LogP contribution in [-0.2, 0) is 11.3 Å². The van der Waals surface area contributed by atoms with Crippen LogP contribution in [0.2, 0.25) is 0 Å². The number of guanidine groups is 1. The maximum absolute atomic E-state index is 12.1. The molecule has 3 rings (SSSR count). The van der Waals surface area contributed by atoms with Crippen LogP contribution in [0.5, 0.6) is 0 Å². The molecule has 1 aromatic rings. The Morgan fingerprint density at radius 2 is 2.14 bits per heavy atom. The molecular formula is C16H22N4O. The standard InChI is InChI=1S/C16H22N4O/c1-19-8-7-17-16(19)18-10-14-9-15(21)20(12-14)11-13-5-3-2-4-6-13/h2-6,14H,7-12H2,1H3,(H,17,18). The van der Waals surface area contributed by atoms with Crippen LogP contribution in [0.25, 0.3) is 0 Å². The van der Waals surface area contributed by atoms with Gasteiger partial charge in [-0.1, -0.05) is 30.3 Å². The van der Waals surface area contributed by atoms with Crippen LogP contribution in [0.3, 0.4) is 0 Å². The lowest BCUT2D eigenvalue weighted by Crippen LogP contribution is -2.38. The fourth-order valence-corrected chi connectivity index (χ4v) is 2.91. The van der Waals surface area contributed by atoms with E-state index in [1.807, 2.05) is 30.1 Å². The van der Waals surface area contributed by atoms with Crippen LogP contribution in [0.1, 0.15) is 12.0 Å². The van der Waals surface area contributed by atoms with Crippen molar-refractivity contribution >= 4 is 11.9 Å². The van der Waals surface area contributed by atoms with Gasteiger partial charge in [-0.25, -0.2) is 0 Å². The zero-order valence-electron chi connectivity index (χ0n) is 12.5. The van der Waals surface area contributed by atoms with Crippen molar-refractivity contribution in [1.82, 2.24) is 15.1 Å². The minimum absolute atomic E-state index is 0.257. The first-order valence-electron chi connectivity index (χ1n) is 7.53. The Kier molecular flexibility index (Phi) is 4.08. The molecule has 0 saturated carbocycles. The number of likely N-dealkylation sites (N-methyl/N-ethyl adjacent to an activating group) is 1. The molecule has 2 heterocycles. The highest BCUT2D eigenvalue weighted by Crippen LogP contribution is 2.19. The molecule has 1 saturated heterocycles. The number of carbonyl (C=O) groups excluding carboxylic acids is 1. The van der Waals surface area contributed by atoms with Crippen LogP contribution in [0, 0.1) is 5.92 Å². The first-order chi connectivity index (χ1) is 10.2. The van der Waals surface area contributed by atoms with E-state index in [2.05, 4.69) is 27.3 Å². The molecule has 0 aliphatic carbocycles. The van der Waals surface area contributed by atoms with E-state index in [1.54, 1.807) is 0 Å². The van der Waals surface area contributed by atoms with E-state index in [1.165, 1.54) is 5.56 Å². The maximum Gasteiger partial charge on any atom is 0.223 e. The number of nitrogens with one attached hydrogen (secondary N) is 1. The normalized spacial score (nSPS) is 21.9. The minimum atomic E-state index is 0.257. The van der Waals surface area contributed by atoms with Crippen molar-refractivity contribution in [3.63, 3.8) is 0 Å². The molecular weight excluding hydrogens is 264 g/mol. The van der Waals surface area contributed by atoms with E-state index in [0.717, 1.165) is 38.7 Å². The summed E-state index contributed by atoms with van der Waals surface area (Å²) in [5.74, 6) is 1.59. The van der Waals surface area contributed by atoms with Crippen molar-refractivity contribution in [3.8, 4) is 0 Å². The lowest BCUT2D eigenvalue weighted by molar-refractivity contribution is -0.128. The van der Waals surface area contributed by atoms with Gasteiger partial charge in [-0.3, -0.25) is 9.79 Å². The largest absolute Gasteiger partial charge is 0.356 e. The van der Waals surface area contributed by atoms with Gasteiger partial charge in [-0.05, 0) is 5.56 Å². The van der Waals surface area contributed by atoms with Crippen LogP contribution in [-0.4, -0.2) is 54.9 Å². The predicted octanol–water partition coefficient (Wildman–Crippen LogP) is 0.926. The fourth-order valence-electron chi connectivity index (χ4n) is 2.91. The van der Waals surface area contributed by atoms with Crippen molar-refractivity contribution in [3.05, 3.63) is 35.9 Å². The van der Waals surface area contributed by atoms with E-state index in [0.29, 0.717) is 12.3 Å². The third kappa shape index (κ3) is 3.35. The van der Waals surface area contributed by atoms with Gasteiger partial charge >= 0.3 is 0 Å². The number of rotatable bonds is 4. The second-order valence-corrected chi connectivity index (χ2v) is 5.84. The van der Waals surface area contributed by atoms with Gasteiger partial charge in [-0.2, -0.15) is 0 Å². The summed E-state index contributed by atoms with van der Waals surface area (Å²) in [6.45, 7) is 4.21. The van der Waals surface area contributed by atoms with Crippen molar-refractivity contribution in [1.29, 1.82) is 0 Å². The summed E-state index contributed by atoms with van der Waals surface area (Å²) in [5, 5.41) is 3.38. The average molecular weight is 286 g/mol. The van der Waals surface area contributed by atoms with E-state index >= 15 is 0 Å². The number of benzene rings is 1. The van der Waals surface area contributed by atoms with Crippen LogP contribution in [0.15, 0.2) is 35.3 Å². The summed E-state index contributed by atoms with van der Waals surface area (Å²) < 4.78 is 0. The van der Waals surface area contributed by atoms with E-state index < -0.39 is 0 Å². The first-order valence-corrected chi connectivity index (χ1v) is 7.53. The molecule has 5 heteroatoms.